The molecule has 2 aromatic heterocycles. The number of amides is 2. The number of pyridine rings is 1. The van der Waals surface area contributed by atoms with E-state index in [0.717, 1.165) is 11.2 Å². The van der Waals surface area contributed by atoms with E-state index in [1.54, 1.807) is 27.8 Å². The van der Waals surface area contributed by atoms with Crippen molar-refractivity contribution >= 4 is 29.2 Å². The SMILES string of the molecule is CCN(CC)C(=O)C1CSCN1C(=O)c1cn2ccc(C)cc2n1. The van der Waals surface area contributed by atoms with Gasteiger partial charge in [-0.05, 0) is 38.5 Å². The number of nitrogens with zero attached hydrogens (tertiary/aromatic N) is 4. The van der Waals surface area contributed by atoms with Crippen molar-refractivity contribution < 1.29 is 9.59 Å². The summed E-state index contributed by atoms with van der Waals surface area (Å²) >= 11 is 1.61. The molecule has 0 spiro atoms. The summed E-state index contributed by atoms with van der Waals surface area (Å²) < 4.78 is 1.84. The lowest BCUT2D eigenvalue weighted by Crippen LogP contribution is -2.49. The lowest BCUT2D eigenvalue weighted by Gasteiger charge is -2.27. The quantitative estimate of drug-likeness (QED) is 0.850. The van der Waals surface area contributed by atoms with Gasteiger partial charge in [0.25, 0.3) is 5.91 Å². The molecule has 0 saturated carbocycles. The van der Waals surface area contributed by atoms with Gasteiger partial charge in [0.1, 0.15) is 17.4 Å². The van der Waals surface area contributed by atoms with Crippen molar-refractivity contribution in [1.29, 1.82) is 0 Å². The van der Waals surface area contributed by atoms with Crippen LogP contribution in [0.4, 0.5) is 0 Å². The molecule has 6 nitrogen and oxygen atoms in total. The van der Waals surface area contributed by atoms with Gasteiger partial charge in [-0.2, -0.15) is 0 Å². The number of imidazole rings is 1. The second-order valence-electron chi connectivity index (χ2n) is 5.90. The maximum Gasteiger partial charge on any atom is 0.275 e. The van der Waals surface area contributed by atoms with Crippen molar-refractivity contribution in [1.82, 2.24) is 19.2 Å². The zero-order valence-corrected chi connectivity index (χ0v) is 15.0. The Balaban J connectivity index is 1.85. The molecule has 1 atom stereocenters. The van der Waals surface area contributed by atoms with E-state index >= 15 is 0 Å². The van der Waals surface area contributed by atoms with Crippen LogP contribution in [0.25, 0.3) is 5.65 Å². The summed E-state index contributed by atoms with van der Waals surface area (Å²) in [6, 6.07) is 3.52. The second-order valence-corrected chi connectivity index (χ2v) is 6.90. The Labute approximate surface area is 145 Å². The molecule has 0 radical (unpaired) electrons. The molecule has 0 aliphatic carbocycles. The van der Waals surface area contributed by atoms with Crippen LogP contribution in [0, 0.1) is 6.92 Å². The van der Waals surface area contributed by atoms with Crippen molar-refractivity contribution in [3.63, 3.8) is 0 Å². The number of carbonyl (C=O) groups excluding carboxylic acids is 2. The average molecular weight is 346 g/mol. The Morgan fingerprint density at radius 1 is 1.38 bits per heavy atom. The summed E-state index contributed by atoms with van der Waals surface area (Å²) in [7, 11) is 0. The Morgan fingerprint density at radius 2 is 2.12 bits per heavy atom. The minimum atomic E-state index is -0.394. The number of aromatic nitrogens is 2. The van der Waals surface area contributed by atoms with E-state index in [-0.39, 0.29) is 11.8 Å². The van der Waals surface area contributed by atoms with Gasteiger partial charge in [0.05, 0.1) is 5.88 Å². The largest absolute Gasteiger partial charge is 0.341 e. The van der Waals surface area contributed by atoms with Crippen molar-refractivity contribution in [2.45, 2.75) is 26.8 Å². The van der Waals surface area contributed by atoms with Crippen LogP contribution < -0.4 is 0 Å². The van der Waals surface area contributed by atoms with Crippen LogP contribution in [0.1, 0.15) is 29.9 Å². The Bertz CT molecular complexity index is 769. The molecule has 128 valence electrons. The first-order valence-corrected chi connectivity index (χ1v) is 9.33. The minimum absolute atomic E-state index is 0.0259. The summed E-state index contributed by atoms with van der Waals surface area (Å²) in [5.74, 6) is 1.03. The number of carbonyl (C=O) groups is 2. The number of fused-ring (bicyclic) bond motifs is 1. The Morgan fingerprint density at radius 3 is 2.83 bits per heavy atom. The summed E-state index contributed by atoms with van der Waals surface area (Å²) in [5, 5.41) is 0. The highest BCUT2D eigenvalue weighted by molar-refractivity contribution is 7.99. The normalized spacial score (nSPS) is 17.5. The van der Waals surface area contributed by atoms with Crippen LogP contribution in [0.5, 0.6) is 0 Å². The lowest BCUT2D eigenvalue weighted by molar-refractivity contribution is -0.134. The molecule has 2 amide bonds. The van der Waals surface area contributed by atoms with Gasteiger partial charge in [0.15, 0.2) is 0 Å². The zero-order valence-electron chi connectivity index (χ0n) is 14.2. The third kappa shape index (κ3) is 3.00. The highest BCUT2D eigenvalue weighted by Gasteiger charge is 2.37. The monoisotopic (exact) mass is 346 g/mol. The van der Waals surface area contributed by atoms with Crippen molar-refractivity contribution in [3.8, 4) is 0 Å². The number of rotatable bonds is 4. The van der Waals surface area contributed by atoms with E-state index in [4.69, 9.17) is 0 Å². The first-order chi connectivity index (χ1) is 11.5. The smallest absolute Gasteiger partial charge is 0.275 e. The van der Waals surface area contributed by atoms with Crippen molar-refractivity contribution in [2.75, 3.05) is 24.7 Å². The van der Waals surface area contributed by atoms with E-state index in [0.29, 0.717) is 30.4 Å². The molecule has 1 fully saturated rings. The molecule has 24 heavy (non-hydrogen) atoms. The molecule has 3 heterocycles. The first kappa shape index (κ1) is 16.8. The number of hydrogen-bond donors (Lipinski definition) is 0. The summed E-state index contributed by atoms with van der Waals surface area (Å²) in [4.78, 5) is 33.4. The zero-order chi connectivity index (χ0) is 17.3. The average Bonchev–Trinajstić information content (AvgIpc) is 3.21. The van der Waals surface area contributed by atoms with E-state index in [1.807, 2.05) is 43.5 Å². The highest BCUT2D eigenvalue weighted by Crippen LogP contribution is 2.24. The molecule has 1 aliphatic rings. The van der Waals surface area contributed by atoms with Gasteiger partial charge in [0, 0.05) is 31.2 Å². The lowest BCUT2D eigenvalue weighted by atomic mass is 10.2. The fourth-order valence-electron chi connectivity index (χ4n) is 2.93. The highest BCUT2D eigenvalue weighted by atomic mass is 32.2. The van der Waals surface area contributed by atoms with Gasteiger partial charge in [-0.3, -0.25) is 9.59 Å². The van der Waals surface area contributed by atoms with E-state index < -0.39 is 6.04 Å². The summed E-state index contributed by atoms with van der Waals surface area (Å²) in [5.41, 5.74) is 2.23. The number of likely N-dealkylation sites (N-methyl/N-ethyl adjacent to an activating group) is 1. The topological polar surface area (TPSA) is 57.9 Å². The van der Waals surface area contributed by atoms with Gasteiger partial charge >= 0.3 is 0 Å². The molecular weight excluding hydrogens is 324 g/mol. The molecule has 3 rings (SSSR count). The predicted octanol–water partition coefficient (Wildman–Crippen LogP) is 2.03. The van der Waals surface area contributed by atoms with E-state index in [9.17, 15) is 9.59 Å². The summed E-state index contributed by atoms with van der Waals surface area (Å²) in [6.45, 7) is 7.23. The van der Waals surface area contributed by atoms with E-state index in [2.05, 4.69) is 4.98 Å². The van der Waals surface area contributed by atoms with Crippen LogP contribution in [-0.4, -0.2) is 61.8 Å². The molecule has 1 unspecified atom stereocenters. The molecule has 1 aliphatic heterocycles. The number of thioether (sulfide) groups is 1. The van der Waals surface area contributed by atoms with E-state index in [1.165, 1.54) is 0 Å². The fraction of sp³-hybridized carbons (Fsp3) is 0.471. The van der Waals surface area contributed by atoms with Crippen LogP contribution >= 0.6 is 11.8 Å². The van der Waals surface area contributed by atoms with Crippen LogP contribution in [0.15, 0.2) is 24.5 Å². The van der Waals surface area contributed by atoms with Gasteiger partial charge in [-0.15, -0.1) is 11.8 Å². The molecule has 0 bridgehead atoms. The Hall–Kier alpha value is -2.02. The third-order valence-corrected chi connectivity index (χ3v) is 5.35. The van der Waals surface area contributed by atoms with Crippen molar-refractivity contribution in [3.05, 3.63) is 35.8 Å². The summed E-state index contributed by atoms with van der Waals surface area (Å²) in [6.07, 6.45) is 3.63. The maximum absolute atomic E-state index is 12.9. The number of hydrogen-bond acceptors (Lipinski definition) is 4. The van der Waals surface area contributed by atoms with Gasteiger partial charge in [-0.25, -0.2) is 4.98 Å². The molecule has 0 N–H and O–H groups in total. The van der Waals surface area contributed by atoms with Crippen LogP contribution in [0.2, 0.25) is 0 Å². The van der Waals surface area contributed by atoms with Crippen LogP contribution in [-0.2, 0) is 4.79 Å². The molecule has 2 aromatic rings. The standard InChI is InChI=1S/C17H22N4O2S/c1-4-19(5-2)17(23)14-10-24-11-21(14)16(22)13-9-20-7-6-12(3)8-15(20)18-13/h6-9,14H,4-5,10-11H2,1-3H3. The van der Waals surface area contributed by atoms with Gasteiger partial charge in [-0.1, -0.05) is 0 Å². The Kier molecular flexibility index (Phi) is 4.80. The third-order valence-electron chi connectivity index (χ3n) is 4.34. The maximum atomic E-state index is 12.9. The van der Waals surface area contributed by atoms with Crippen molar-refractivity contribution in [2.24, 2.45) is 0 Å². The molecule has 0 aromatic carbocycles. The fourth-order valence-corrected chi connectivity index (χ4v) is 4.07. The minimum Gasteiger partial charge on any atom is -0.341 e. The van der Waals surface area contributed by atoms with Gasteiger partial charge < -0.3 is 14.2 Å². The molecule has 7 heteroatoms. The predicted molar refractivity (Wildman–Crippen MR) is 95.1 cm³/mol. The first-order valence-electron chi connectivity index (χ1n) is 8.18. The molecule has 1 saturated heterocycles. The second kappa shape index (κ2) is 6.84. The van der Waals surface area contributed by atoms with Crippen LogP contribution in [0.3, 0.4) is 0 Å². The molecular formula is C17H22N4O2S. The van der Waals surface area contributed by atoms with Gasteiger partial charge in [0.2, 0.25) is 5.91 Å². The number of aryl methyl sites for hydroxylation is 1.